The Morgan fingerprint density at radius 2 is 1.12 bits per heavy atom. The van der Waals surface area contributed by atoms with Gasteiger partial charge in [0.05, 0.1) is 0 Å². The van der Waals surface area contributed by atoms with E-state index in [9.17, 15) is 39.5 Å². The van der Waals surface area contributed by atoms with Gasteiger partial charge in [0.15, 0.2) is 0 Å². The Bertz CT molecular complexity index is 243. The van der Waals surface area contributed by atoms with E-state index in [0.717, 1.165) is 6.92 Å². The molecule has 16 heavy (non-hydrogen) atoms. The van der Waals surface area contributed by atoms with E-state index in [1.54, 1.807) is 0 Å². The van der Waals surface area contributed by atoms with Gasteiger partial charge >= 0.3 is 23.3 Å². The van der Waals surface area contributed by atoms with Crippen LogP contribution in [-0.2, 0) is 0 Å². The van der Waals surface area contributed by atoms with Crippen LogP contribution < -0.4 is 0 Å². The van der Waals surface area contributed by atoms with Crippen molar-refractivity contribution in [3.63, 3.8) is 0 Å². The van der Waals surface area contributed by atoms with Crippen LogP contribution in [0.2, 0.25) is 0 Å². The molecule has 0 saturated carbocycles. The van der Waals surface area contributed by atoms with E-state index in [2.05, 4.69) is 0 Å². The van der Waals surface area contributed by atoms with Gasteiger partial charge in [-0.3, -0.25) is 0 Å². The molecule has 0 heterocycles. The molecule has 10 heteroatoms. The quantitative estimate of drug-likeness (QED) is 0.697. The second-order valence-electron chi connectivity index (χ2n) is 2.60. The molecule has 0 unspecified atom stereocenters. The smallest absolute Gasteiger partial charge is 0.191 e. The van der Waals surface area contributed by atoms with E-state index in [0.29, 0.717) is 0 Å². The van der Waals surface area contributed by atoms with Crippen LogP contribution in [0.3, 0.4) is 0 Å². The lowest BCUT2D eigenvalue weighted by Crippen LogP contribution is -2.59. The summed E-state index contributed by atoms with van der Waals surface area (Å²) >= 11 is -0.980. The van der Waals surface area contributed by atoms with Crippen LogP contribution in [0.15, 0.2) is 0 Å². The van der Waals surface area contributed by atoms with Crippen molar-refractivity contribution in [3.05, 3.63) is 0 Å². The van der Waals surface area contributed by atoms with E-state index >= 15 is 0 Å². The molecule has 98 valence electrons. The maximum atomic E-state index is 12.5. The summed E-state index contributed by atoms with van der Waals surface area (Å²) < 4.78 is 109. The van der Waals surface area contributed by atoms with Crippen LogP contribution in [0.5, 0.6) is 0 Å². The van der Waals surface area contributed by atoms with Gasteiger partial charge in [-0.25, -0.2) is 0 Å². The van der Waals surface area contributed by atoms with Crippen molar-refractivity contribution in [3.8, 4) is 0 Å². The summed E-state index contributed by atoms with van der Waals surface area (Å²) in [5, 5.41) is -5.50. The van der Waals surface area contributed by atoms with E-state index < -0.39 is 40.8 Å². The Labute approximate surface area is 88.2 Å². The Morgan fingerprint density at radius 3 is 1.38 bits per heavy atom. The normalized spacial score (nSPS) is 15.4. The van der Waals surface area contributed by atoms with Gasteiger partial charge in [-0.15, -0.1) is 0 Å². The lowest BCUT2D eigenvalue weighted by atomic mass is 10.1. The minimum absolute atomic E-state index is 0.740. The standard InChI is InChI=1S/C6H5F9S/c1-2-16-6(14,15)4(9,10)3(7,8)5(11,12)13/h2H2,1H3. The molecule has 0 N–H and O–H groups in total. The molecule has 0 aliphatic rings. The van der Waals surface area contributed by atoms with Gasteiger partial charge < -0.3 is 0 Å². The van der Waals surface area contributed by atoms with Crippen LogP contribution >= 0.6 is 11.8 Å². The molecule has 0 spiro atoms. The van der Waals surface area contributed by atoms with Gasteiger partial charge in [0.1, 0.15) is 0 Å². The summed E-state index contributed by atoms with van der Waals surface area (Å²) in [6.45, 7) is 0.917. The van der Waals surface area contributed by atoms with Crippen LogP contribution in [0, 0.1) is 0 Å². The number of thioether (sulfide) groups is 1. The first kappa shape index (κ1) is 15.7. The summed E-state index contributed by atoms with van der Waals surface area (Å²) in [5.41, 5.74) is 0. The van der Waals surface area contributed by atoms with Crippen LogP contribution in [0.4, 0.5) is 39.5 Å². The Balaban J connectivity index is 5.34. The molecule has 0 aromatic heterocycles. The summed E-state index contributed by atoms with van der Waals surface area (Å²) in [5.74, 6) is -14.0. The van der Waals surface area contributed by atoms with Gasteiger partial charge in [-0.1, -0.05) is 18.7 Å². The molecule has 0 fully saturated rings. The molecule has 0 bridgehead atoms. The maximum Gasteiger partial charge on any atom is 0.460 e. The predicted molar refractivity (Wildman–Crippen MR) is 39.0 cm³/mol. The molecule has 0 nitrogen and oxygen atoms in total. The zero-order valence-electron chi connectivity index (χ0n) is 7.52. The fraction of sp³-hybridized carbons (Fsp3) is 1.00. The minimum Gasteiger partial charge on any atom is -0.191 e. The van der Waals surface area contributed by atoms with Gasteiger partial charge in [0.2, 0.25) is 0 Å². The first-order valence-corrected chi connectivity index (χ1v) is 4.64. The average Bonchev–Trinajstić information content (AvgIpc) is 2.01. The average molecular weight is 280 g/mol. The summed E-state index contributed by atoms with van der Waals surface area (Å²) in [7, 11) is 0. The topological polar surface area (TPSA) is 0 Å². The van der Waals surface area contributed by atoms with Crippen LogP contribution in [0.25, 0.3) is 0 Å². The summed E-state index contributed by atoms with van der Waals surface area (Å²) in [6.07, 6.45) is -6.74. The van der Waals surface area contributed by atoms with Crippen molar-refractivity contribution in [2.24, 2.45) is 0 Å². The van der Waals surface area contributed by atoms with Crippen molar-refractivity contribution >= 4 is 11.8 Å². The predicted octanol–water partition coefficient (Wildman–Crippen LogP) is 4.17. The van der Waals surface area contributed by atoms with Crippen molar-refractivity contribution in [2.75, 3.05) is 5.75 Å². The van der Waals surface area contributed by atoms with Gasteiger partial charge in [-0.2, -0.15) is 39.5 Å². The molecule has 0 aromatic carbocycles. The molecule has 0 rings (SSSR count). The highest BCUT2D eigenvalue weighted by molar-refractivity contribution is 8.00. The zero-order chi connectivity index (χ0) is 13.4. The molecule has 0 aliphatic heterocycles. The number of hydrogen-bond acceptors (Lipinski definition) is 1. The van der Waals surface area contributed by atoms with Crippen LogP contribution in [0.1, 0.15) is 6.92 Å². The largest absolute Gasteiger partial charge is 0.460 e. The van der Waals surface area contributed by atoms with E-state index in [-0.39, 0.29) is 0 Å². The van der Waals surface area contributed by atoms with Crippen molar-refractivity contribution in [1.82, 2.24) is 0 Å². The number of hydrogen-bond donors (Lipinski definition) is 0. The molecule has 0 radical (unpaired) electrons. The first-order valence-electron chi connectivity index (χ1n) is 3.65. The van der Waals surface area contributed by atoms with E-state index in [1.165, 1.54) is 0 Å². The lowest BCUT2D eigenvalue weighted by molar-refractivity contribution is -0.381. The Morgan fingerprint density at radius 1 is 0.750 bits per heavy atom. The second-order valence-corrected chi connectivity index (χ2v) is 3.98. The highest BCUT2D eigenvalue weighted by Crippen LogP contribution is 2.56. The van der Waals surface area contributed by atoms with Gasteiger partial charge in [0.25, 0.3) is 0 Å². The molecule has 0 amide bonds. The molecular weight excluding hydrogens is 275 g/mol. The summed E-state index contributed by atoms with van der Waals surface area (Å²) in [6, 6.07) is 0. The number of rotatable bonds is 4. The molecular formula is C6H5F9S. The lowest BCUT2D eigenvalue weighted by Gasteiger charge is -2.32. The van der Waals surface area contributed by atoms with E-state index in [1.807, 2.05) is 0 Å². The third kappa shape index (κ3) is 2.35. The fourth-order valence-corrected chi connectivity index (χ4v) is 1.30. The van der Waals surface area contributed by atoms with E-state index in [4.69, 9.17) is 0 Å². The Kier molecular flexibility index (Phi) is 4.12. The molecule has 0 atom stereocenters. The minimum atomic E-state index is -6.79. The Hall–Kier alpha value is -0.280. The SMILES string of the molecule is CCSC(F)(F)C(F)(F)C(F)(F)C(F)(F)F. The van der Waals surface area contributed by atoms with Crippen molar-refractivity contribution in [2.45, 2.75) is 30.2 Å². The van der Waals surface area contributed by atoms with Crippen molar-refractivity contribution in [1.29, 1.82) is 0 Å². The monoisotopic (exact) mass is 280 g/mol. The van der Waals surface area contributed by atoms with Gasteiger partial charge in [0, 0.05) is 0 Å². The zero-order valence-corrected chi connectivity index (χ0v) is 8.33. The maximum absolute atomic E-state index is 12.5. The highest BCUT2D eigenvalue weighted by atomic mass is 32.2. The molecule has 0 aromatic rings. The summed E-state index contributed by atoms with van der Waals surface area (Å²) in [4.78, 5) is 0. The van der Waals surface area contributed by atoms with Gasteiger partial charge in [-0.05, 0) is 5.75 Å². The van der Waals surface area contributed by atoms with Crippen LogP contribution in [-0.4, -0.2) is 29.0 Å². The number of alkyl halides is 9. The second kappa shape index (κ2) is 4.19. The number of halogens is 9. The third-order valence-electron chi connectivity index (χ3n) is 1.44. The molecule has 0 aliphatic carbocycles. The highest BCUT2D eigenvalue weighted by Gasteiger charge is 2.81. The van der Waals surface area contributed by atoms with Crippen molar-refractivity contribution < 1.29 is 39.5 Å². The fourth-order valence-electron chi connectivity index (χ4n) is 0.633. The molecule has 0 saturated heterocycles. The third-order valence-corrected chi connectivity index (χ3v) is 2.35. The first-order chi connectivity index (χ1) is 6.81.